The van der Waals surface area contributed by atoms with E-state index in [1.165, 1.54) is 29.9 Å². The summed E-state index contributed by atoms with van der Waals surface area (Å²) in [7, 11) is -4.56. The number of carbonyl (C=O) groups excluding carboxylic acids is 3. The molecule has 4 rings (SSSR count). The van der Waals surface area contributed by atoms with E-state index >= 15 is 0 Å². The Balaban J connectivity index is 1.76. The largest absolute Gasteiger partial charge is 0.464 e. The minimum absolute atomic E-state index is 0.121. The second-order valence-electron chi connectivity index (χ2n) is 13.1. The van der Waals surface area contributed by atoms with Crippen LogP contribution in [0, 0.1) is 29.1 Å². The van der Waals surface area contributed by atoms with E-state index in [4.69, 9.17) is 33.7 Å². The van der Waals surface area contributed by atoms with E-state index < -0.39 is 74.1 Å². The van der Waals surface area contributed by atoms with Crippen LogP contribution in [0.1, 0.15) is 73.1 Å². The van der Waals surface area contributed by atoms with E-state index in [-0.39, 0.29) is 29.8 Å². The third-order valence-corrected chi connectivity index (χ3v) is 10.2. The van der Waals surface area contributed by atoms with Crippen LogP contribution in [0.3, 0.4) is 0 Å². The Morgan fingerprint density at radius 2 is 1.67 bits per heavy atom. The van der Waals surface area contributed by atoms with Crippen LogP contribution in [-0.2, 0) is 42.4 Å². The monoisotopic (exact) mass is 742 g/mol. The van der Waals surface area contributed by atoms with Gasteiger partial charge in [-0.3, -0.25) is 18.9 Å². The zero-order valence-electron chi connectivity index (χ0n) is 30.4. The first-order valence-corrected chi connectivity index (χ1v) is 18.7. The molecule has 0 aliphatic carbocycles. The maximum atomic E-state index is 14.5. The minimum Gasteiger partial charge on any atom is -0.464 e. The molecule has 6 atom stereocenters. The Labute approximate surface area is 302 Å². The molecule has 0 bridgehead atoms. The number of nitriles is 1. The summed E-state index contributed by atoms with van der Waals surface area (Å²) < 4.78 is 51.3. The normalized spacial score (nSPS) is 21.8. The molecule has 52 heavy (non-hydrogen) atoms. The van der Waals surface area contributed by atoms with E-state index in [0.717, 1.165) is 12.8 Å². The summed E-state index contributed by atoms with van der Waals surface area (Å²) in [6, 6.07) is 12.1. The van der Waals surface area contributed by atoms with Crippen LogP contribution < -0.4 is 15.3 Å². The second kappa shape index (κ2) is 17.3. The van der Waals surface area contributed by atoms with E-state index in [9.17, 15) is 24.2 Å². The number of nitrogens with two attached hydrogens (primary N) is 1. The molecule has 1 aliphatic heterocycles. The predicted octanol–water partition coefficient (Wildman–Crippen LogP) is 4.94. The fraction of sp³-hybridized carbons (Fsp3) is 0.543. The highest BCUT2D eigenvalue weighted by Gasteiger charge is 2.62. The lowest BCUT2D eigenvalue weighted by atomic mass is 9.95. The fourth-order valence-corrected chi connectivity index (χ4v) is 6.81. The lowest BCUT2D eigenvalue weighted by Crippen LogP contribution is -2.50. The Bertz CT molecular complexity index is 1790. The Kier molecular flexibility index (Phi) is 13.4. The van der Waals surface area contributed by atoms with Gasteiger partial charge in [0, 0.05) is 0 Å². The molecule has 1 aliphatic rings. The molecule has 17 heteroatoms. The molecule has 0 spiro atoms. The highest BCUT2D eigenvalue weighted by atomic mass is 31.2. The number of benzene rings is 1. The molecule has 0 radical (unpaired) electrons. The van der Waals surface area contributed by atoms with Crippen molar-refractivity contribution in [1.29, 1.82) is 5.26 Å². The first-order chi connectivity index (χ1) is 24.7. The summed E-state index contributed by atoms with van der Waals surface area (Å²) in [5.74, 6) is -2.98. The molecule has 2 aromatic heterocycles. The second-order valence-corrected chi connectivity index (χ2v) is 14.8. The van der Waals surface area contributed by atoms with Gasteiger partial charge in [-0.05, 0) is 37.1 Å². The van der Waals surface area contributed by atoms with E-state index in [1.807, 2.05) is 19.9 Å². The van der Waals surface area contributed by atoms with Gasteiger partial charge < -0.3 is 29.2 Å². The number of anilines is 1. The van der Waals surface area contributed by atoms with Crippen molar-refractivity contribution in [3.63, 3.8) is 0 Å². The predicted molar refractivity (Wildman–Crippen MR) is 187 cm³/mol. The van der Waals surface area contributed by atoms with Crippen LogP contribution >= 0.6 is 7.75 Å². The number of aromatic nitrogens is 3. The van der Waals surface area contributed by atoms with E-state index in [0.29, 0.717) is 5.52 Å². The van der Waals surface area contributed by atoms with E-state index in [1.54, 1.807) is 58.0 Å². The molecule has 3 aromatic rings. The molecule has 3 N–H and O–H groups in total. The summed E-state index contributed by atoms with van der Waals surface area (Å²) in [6.45, 7) is 11.1. The van der Waals surface area contributed by atoms with Gasteiger partial charge in [-0.1, -0.05) is 72.6 Å². The first kappa shape index (κ1) is 40.2. The zero-order chi connectivity index (χ0) is 38.2. The van der Waals surface area contributed by atoms with Crippen molar-refractivity contribution >= 4 is 37.0 Å². The number of fused-ring (bicyclic) bond motifs is 1. The fourth-order valence-electron chi connectivity index (χ4n) is 5.29. The molecule has 0 saturated carbocycles. The van der Waals surface area contributed by atoms with Gasteiger partial charge in [-0.25, -0.2) is 14.1 Å². The number of hydrogen-bond donors (Lipinski definition) is 2. The smallest absolute Gasteiger partial charge is 0.459 e. The molecule has 0 amide bonds. The summed E-state index contributed by atoms with van der Waals surface area (Å²) in [5, 5.41) is 17.7. The van der Waals surface area contributed by atoms with Crippen LogP contribution in [0.2, 0.25) is 0 Å². The highest BCUT2D eigenvalue weighted by molar-refractivity contribution is 7.52. The van der Waals surface area contributed by atoms with E-state index in [2.05, 4.69) is 15.2 Å². The minimum atomic E-state index is -4.56. The maximum Gasteiger partial charge on any atom is 0.459 e. The SMILES string of the molecule is CCC(CC)COC(=O)C(C)N[P@](=O)(OC[C@@]1(C#N)O[C@@H](c2ccc3c(N)ncnn23)[C@@H](OC(=O)C(C)C)[C@@H]1OC(=O)C(C)C)Oc1ccccc1. The summed E-state index contributed by atoms with van der Waals surface area (Å²) in [5.41, 5.74) is 4.50. The average molecular weight is 743 g/mol. The Morgan fingerprint density at radius 1 is 1.02 bits per heavy atom. The van der Waals surface area contributed by atoms with Gasteiger partial charge in [0.1, 0.15) is 42.4 Å². The number of ether oxygens (including phenoxy) is 4. The van der Waals surface area contributed by atoms with Crippen LogP contribution in [0.5, 0.6) is 5.75 Å². The number of para-hydroxylation sites is 1. The Hall–Kier alpha value is -4.55. The van der Waals surface area contributed by atoms with Gasteiger partial charge in [0.2, 0.25) is 5.60 Å². The van der Waals surface area contributed by atoms with Crippen molar-refractivity contribution in [3.05, 3.63) is 54.5 Å². The summed E-state index contributed by atoms with van der Waals surface area (Å²) >= 11 is 0. The average Bonchev–Trinajstić information content (AvgIpc) is 3.68. The third kappa shape index (κ3) is 9.27. The number of rotatable bonds is 17. The number of nitrogens with one attached hydrogen (secondary N) is 1. The molecule has 1 fully saturated rings. The molecule has 1 aromatic carbocycles. The van der Waals surface area contributed by atoms with Crippen molar-refractivity contribution in [2.75, 3.05) is 18.9 Å². The number of nitrogen functional groups attached to an aromatic ring is 1. The topological polar surface area (TPSA) is 216 Å². The van der Waals surface area contributed by atoms with Gasteiger partial charge in [-0.2, -0.15) is 15.4 Å². The molecule has 1 unspecified atom stereocenters. The molecule has 16 nitrogen and oxygen atoms in total. The standard InChI is InChI=1S/C35H47N6O10P/c1-8-24(9-2)17-46-34(44)23(7)40-52(45,51-25-13-11-10-12-14-25)47-19-35(18-36)30(49-33(43)22(5)6)29(48-32(42)21(3)4)28(50-35)26-15-16-27-31(37)38-20-39-41(26)27/h10-16,20-24,28-30H,8-9,17,19H2,1-7H3,(H,40,45)(H2,37,38,39)/t23?,28-,29+,30-,35+,52-/m0/s1. The van der Waals surface area contributed by atoms with Crippen molar-refractivity contribution in [2.24, 2.45) is 17.8 Å². The van der Waals surface area contributed by atoms with Crippen molar-refractivity contribution < 1.29 is 46.9 Å². The maximum absolute atomic E-state index is 14.5. The van der Waals surface area contributed by atoms with Crippen molar-refractivity contribution in [3.8, 4) is 11.8 Å². The lowest BCUT2D eigenvalue weighted by molar-refractivity contribution is -0.173. The number of esters is 3. The lowest BCUT2D eigenvalue weighted by Gasteiger charge is -2.31. The first-order valence-electron chi connectivity index (χ1n) is 17.2. The van der Waals surface area contributed by atoms with Crippen molar-refractivity contribution in [1.82, 2.24) is 19.7 Å². The van der Waals surface area contributed by atoms with Gasteiger partial charge >= 0.3 is 25.7 Å². The van der Waals surface area contributed by atoms with Crippen LogP contribution in [0.4, 0.5) is 5.82 Å². The number of carbonyl (C=O) groups is 3. The number of nitrogens with zero attached hydrogens (tertiary/aromatic N) is 4. The summed E-state index contributed by atoms with van der Waals surface area (Å²) in [6.07, 6.45) is -1.50. The third-order valence-electron chi connectivity index (χ3n) is 8.56. The molecule has 1 saturated heterocycles. The van der Waals surface area contributed by atoms with Gasteiger partial charge in [0.25, 0.3) is 0 Å². The zero-order valence-corrected chi connectivity index (χ0v) is 31.3. The molecular formula is C35H47N6O10P. The molecular weight excluding hydrogens is 695 g/mol. The Morgan fingerprint density at radius 3 is 2.29 bits per heavy atom. The quantitative estimate of drug-likeness (QED) is 0.106. The highest BCUT2D eigenvalue weighted by Crippen LogP contribution is 2.50. The van der Waals surface area contributed by atoms with Crippen LogP contribution in [0.15, 0.2) is 48.8 Å². The number of hydrogen-bond acceptors (Lipinski definition) is 14. The summed E-state index contributed by atoms with van der Waals surface area (Å²) in [4.78, 5) is 43.3. The molecule has 282 valence electrons. The van der Waals surface area contributed by atoms with Crippen LogP contribution in [0.25, 0.3) is 5.52 Å². The van der Waals surface area contributed by atoms with Crippen LogP contribution in [-0.4, -0.2) is 69.6 Å². The van der Waals surface area contributed by atoms with Gasteiger partial charge in [0.15, 0.2) is 18.0 Å². The van der Waals surface area contributed by atoms with Gasteiger partial charge in [0.05, 0.1) is 24.1 Å². The molecule has 3 heterocycles. The van der Waals surface area contributed by atoms with Crippen molar-refractivity contribution in [2.45, 2.75) is 91.3 Å². The van der Waals surface area contributed by atoms with Gasteiger partial charge in [-0.15, -0.1) is 0 Å².